The second kappa shape index (κ2) is 11.7. The zero-order valence-electron chi connectivity index (χ0n) is 23.5. The van der Waals surface area contributed by atoms with Gasteiger partial charge in [0.05, 0.1) is 28.3 Å². The van der Waals surface area contributed by atoms with E-state index in [0.29, 0.717) is 39.7 Å². The summed E-state index contributed by atoms with van der Waals surface area (Å²) >= 11 is 6.22. The molecular weight excluding hydrogens is 566 g/mol. The quantitative estimate of drug-likeness (QED) is 0.204. The number of benzene rings is 1. The summed E-state index contributed by atoms with van der Waals surface area (Å²) < 4.78 is 24.3. The third-order valence-electron chi connectivity index (χ3n) is 7.19. The summed E-state index contributed by atoms with van der Waals surface area (Å²) in [6.45, 7) is 7.87. The fourth-order valence-corrected chi connectivity index (χ4v) is 6.72. The molecule has 3 atom stereocenters. The number of fused-ring (bicyclic) bond motifs is 2. The van der Waals surface area contributed by atoms with Gasteiger partial charge < -0.3 is 14.6 Å². The molecule has 2 N–H and O–H groups in total. The molecule has 40 heavy (non-hydrogen) atoms. The first-order valence-electron chi connectivity index (χ1n) is 13.5. The molecule has 1 aliphatic rings. The highest BCUT2D eigenvalue weighted by atomic mass is 35.5. The van der Waals surface area contributed by atoms with Crippen molar-refractivity contribution in [2.45, 2.75) is 63.8 Å². The van der Waals surface area contributed by atoms with Crippen LogP contribution in [0.15, 0.2) is 30.6 Å². The number of carbonyl (C=O) groups is 1. The van der Waals surface area contributed by atoms with Crippen LogP contribution in [0.3, 0.4) is 0 Å². The molecule has 1 amide bonds. The number of amides is 1. The number of hydrogen-bond donors (Lipinski definition) is 2. The molecule has 3 heterocycles. The van der Waals surface area contributed by atoms with E-state index in [0.717, 1.165) is 36.2 Å². The second-order valence-corrected chi connectivity index (χ2v) is 18.9. The summed E-state index contributed by atoms with van der Waals surface area (Å²) in [5.74, 6) is -0.210. The lowest BCUT2D eigenvalue weighted by atomic mass is 10.1. The fourth-order valence-electron chi connectivity index (χ4n) is 5.11. The fraction of sp³-hybridized carbons (Fsp3) is 0.481. The lowest BCUT2D eigenvalue weighted by Gasteiger charge is -2.15. The van der Waals surface area contributed by atoms with E-state index in [4.69, 9.17) is 26.3 Å². The maximum absolute atomic E-state index is 13.6. The monoisotopic (exact) mass is 601 g/mol. The van der Waals surface area contributed by atoms with E-state index in [1.807, 2.05) is 29.8 Å². The van der Waals surface area contributed by atoms with Gasteiger partial charge in [0, 0.05) is 56.7 Å². The highest BCUT2D eigenvalue weighted by molar-refractivity contribution is 7.82. The number of hydrogen-bond acceptors (Lipinski definition) is 6. The topological polar surface area (TPSA) is 116 Å². The van der Waals surface area contributed by atoms with Gasteiger partial charge in [-0.15, -0.1) is 0 Å². The average molecular weight is 602 g/mol. The first kappa shape index (κ1) is 28.9. The van der Waals surface area contributed by atoms with Gasteiger partial charge in [-0.25, -0.2) is 18.9 Å². The lowest BCUT2D eigenvalue weighted by Crippen LogP contribution is -2.35. The first-order valence-corrected chi connectivity index (χ1v) is 19.1. The maximum Gasteiger partial charge on any atom is 0.255 e. The lowest BCUT2D eigenvalue weighted by molar-refractivity contribution is 0.0890. The molecule has 3 aromatic heterocycles. The third kappa shape index (κ3) is 6.46. The molecule has 0 aliphatic heterocycles. The van der Waals surface area contributed by atoms with Crippen molar-refractivity contribution in [3.63, 3.8) is 0 Å². The molecule has 0 saturated heterocycles. The van der Waals surface area contributed by atoms with Crippen molar-refractivity contribution in [3.05, 3.63) is 41.2 Å². The predicted molar refractivity (Wildman–Crippen MR) is 162 cm³/mol. The molecule has 0 spiro atoms. The van der Waals surface area contributed by atoms with Crippen LogP contribution in [0.4, 0.5) is 0 Å². The molecule has 10 nitrogen and oxygen atoms in total. The van der Waals surface area contributed by atoms with Crippen LogP contribution in [0, 0.1) is 0 Å². The van der Waals surface area contributed by atoms with Crippen LogP contribution in [0.5, 0.6) is 0 Å². The molecule has 13 heteroatoms. The molecule has 1 saturated carbocycles. The Kier molecular flexibility index (Phi) is 8.44. The predicted octanol–water partition coefficient (Wildman–Crippen LogP) is 4.48. The van der Waals surface area contributed by atoms with Crippen LogP contribution in [-0.4, -0.2) is 67.5 Å². The van der Waals surface area contributed by atoms with Crippen molar-refractivity contribution in [2.24, 2.45) is 7.05 Å². The summed E-state index contributed by atoms with van der Waals surface area (Å²) in [6.07, 6.45) is 7.50. The van der Waals surface area contributed by atoms with Crippen molar-refractivity contribution in [1.82, 2.24) is 34.4 Å². The Morgan fingerprint density at radius 2 is 2.02 bits per heavy atom. The van der Waals surface area contributed by atoms with Crippen molar-refractivity contribution < 1.29 is 13.7 Å². The molecular formula is C27H36ClN7O3SSi. The summed E-state index contributed by atoms with van der Waals surface area (Å²) in [4.78, 5) is 23.2. The Hall–Kier alpha value is -2.64. The molecule has 0 radical (unpaired) electrons. The molecule has 214 valence electrons. The Balaban J connectivity index is 1.47. The van der Waals surface area contributed by atoms with Crippen molar-refractivity contribution in [1.29, 1.82) is 0 Å². The van der Waals surface area contributed by atoms with Gasteiger partial charge in [-0.05, 0) is 43.5 Å². The van der Waals surface area contributed by atoms with Crippen LogP contribution < -0.4 is 10.0 Å². The number of aromatic nitrogens is 5. The molecule has 1 fully saturated rings. The minimum Gasteiger partial charge on any atom is -0.361 e. The zero-order chi connectivity index (χ0) is 28.6. The standard InChI is InChI=1S/C27H36ClN7O3SSi/c1-34-23-12-17(28)6-9-20(23)24(32-34)22-14-29-26-25(31-22)21(15-35(26)16-38-10-11-40(3,4)5)27(36)30-18-7-8-19(13-18)33-39(2)37/h6,9,12,14-15,18-19,33H,7-8,10-11,13,16H2,1-5H3,(H,30,36). The van der Waals surface area contributed by atoms with Gasteiger partial charge in [-0.3, -0.25) is 9.48 Å². The summed E-state index contributed by atoms with van der Waals surface area (Å²) in [5, 5.41) is 9.37. The number of nitrogens with zero attached hydrogens (tertiary/aromatic N) is 5. The molecule has 3 unspecified atom stereocenters. The average Bonchev–Trinajstić information content (AvgIpc) is 3.56. The third-order valence-corrected chi connectivity index (χ3v) is 9.80. The van der Waals surface area contributed by atoms with Gasteiger partial charge in [0.2, 0.25) is 0 Å². The number of halogens is 1. The van der Waals surface area contributed by atoms with Crippen LogP contribution in [0.2, 0.25) is 30.7 Å². The van der Waals surface area contributed by atoms with Gasteiger partial charge in [0.25, 0.3) is 5.91 Å². The highest BCUT2D eigenvalue weighted by Crippen LogP contribution is 2.30. The number of nitrogens with one attached hydrogen (secondary N) is 2. The van der Waals surface area contributed by atoms with Gasteiger partial charge in [0.15, 0.2) is 5.65 Å². The van der Waals surface area contributed by atoms with Gasteiger partial charge in [0.1, 0.15) is 23.6 Å². The van der Waals surface area contributed by atoms with Crippen molar-refractivity contribution >= 4 is 58.6 Å². The van der Waals surface area contributed by atoms with E-state index in [1.54, 1.807) is 23.3 Å². The zero-order valence-corrected chi connectivity index (χ0v) is 26.1. The van der Waals surface area contributed by atoms with E-state index in [9.17, 15) is 9.00 Å². The van der Waals surface area contributed by atoms with Gasteiger partial charge >= 0.3 is 0 Å². The van der Waals surface area contributed by atoms with Crippen LogP contribution in [0.1, 0.15) is 29.6 Å². The summed E-state index contributed by atoms with van der Waals surface area (Å²) in [5.41, 5.74) is 3.65. The smallest absolute Gasteiger partial charge is 0.255 e. The maximum atomic E-state index is 13.6. The van der Waals surface area contributed by atoms with Gasteiger partial charge in [-0.2, -0.15) is 5.10 Å². The summed E-state index contributed by atoms with van der Waals surface area (Å²) in [7, 11) is -0.461. The van der Waals surface area contributed by atoms with Gasteiger partial charge in [-0.1, -0.05) is 31.2 Å². The SMILES string of the molecule is Cn1nc(-c2cnc3c(n2)c(C(=O)NC2CCC(NS(C)=O)C2)cn3COCC[Si](C)(C)C)c2ccc(Cl)cc21. The molecule has 4 aromatic rings. The molecule has 5 rings (SSSR count). The first-order chi connectivity index (χ1) is 19.0. The second-order valence-electron chi connectivity index (χ2n) is 11.7. The molecule has 0 bridgehead atoms. The van der Waals surface area contributed by atoms with Crippen LogP contribution in [-0.2, 0) is 29.5 Å². The van der Waals surface area contributed by atoms with Crippen LogP contribution >= 0.6 is 11.6 Å². The summed E-state index contributed by atoms with van der Waals surface area (Å²) in [6, 6.07) is 6.77. The van der Waals surface area contributed by atoms with Crippen molar-refractivity contribution in [2.75, 3.05) is 12.9 Å². The van der Waals surface area contributed by atoms with E-state index in [-0.39, 0.29) is 24.7 Å². The molecule has 1 aromatic carbocycles. The Morgan fingerprint density at radius 1 is 1.25 bits per heavy atom. The Bertz CT molecular complexity index is 1580. The minimum atomic E-state index is -1.24. The Labute approximate surface area is 242 Å². The van der Waals surface area contributed by atoms with E-state index >= 15 is 0 Å². The van der Waals surface area contributed by atoms with Crippen LogP contribution in [0.25, 0.3) is 33.5 Å². The van der Waals surface area contributed by atoms with E-state index in [2.05, 4.69) is 34.8 Å². The molecule has 1 aliphatic carbocycles. The number of aryl methyl sites for hydroxylation is 1. The number of rotatable bonds is 10. The van der Waals surface area contributed by atoms with E-state index < -0.39 is 19.1 Å². The Morgan fingerprint density at radius 3 is 2.77 bits per heavy atom. The normalized spacial score (nSPS) is 18.6. The van der Waals surface area contributed by atoms with Crippen molar-refractivity contribution in [3.8, 4) is 11.4 Å². The highest BCUT2D eigenvalue weighted by Gasteiger charge is 2.28. The number of ether oxygens (including phenoxy) is 1. The minimum absolute atomic E-state index is 0.0134. The largest absolute Gasteiger partial charge is 0.361 e. The van der Waals surface area contributed by atoms with E-state index in [1.165, 1.54) is 0 Å². The number of carbonyl (C=O) groups excluding carboxylic acids is 1.